The zero-order valence-corrected chi connectivity index (χ0v) is 6.42. The zero-order valence-electron chi connectivity index (χ0n) is 6.42. The van der Waals surface area contributed by atoms with Gasteiger partial charge in [0.1, 0.15) is 0 Å². The fourth-order valence-corrected chi connectivity index (χ4v) is 3.30. The first-order valence-corrected chi connectivity index (χ1v) is 4.48. The molecule has 1 aliphatic heterocycles. The Hall–Kier alpha value is -0.0400. The molecule has 0 aromatic carbocycles. The molecule has 1 saturated heterocycles. The maximum absolute atomic E-state index is 5.56. The van der Waals surface area contributed by atoms with Crippen molar-refractivity contribution in [2.75, 3.05) is 6.61 Å². The molecule has 1 heterocycles. The first-order chi connectivity index (χ1) is 4.86. The Balaban J connectivity index is 1.91. The summed E-state index contributed by atoms with van der Waals surface area (Å²) in [5, 5.41) is 0. The summed E-state index contributed by atoms with van der Waals surface area (Å²) < 4.78 is 5.56. The quantitative estimate of drug-likeness (QED) is 0.495. The molecule has 10 heavy (non-hydrogen) atoms. The van der Waals surface area contributed by atoms with Crippen LogP contribution in [0.3, 0.4) is 0 Å². The average molecular weight is 138 g/mol. The lowest BCUT2D eigenvalue weighted by atomic mass is 9.78. The molecule has 5 atom stereocenters. The summed E-state index contributed by atoms with van der Waals surface area (Å²) in [6, 6.07) is 0. The van der Waals surface area contributed by atoms with Crippen LogP contribution in [0.1, 0.15) is 19.8 Å². The van der Waals surface area contributed by atoms with Crippen molar-refractivity contribution in [2.24, 2.45) is 23.7 Å². The van der Waals surface area contributed by atoms with E-state index in [4.69, 9.17) is 4.74 Å². The number of hydrogen-bond donors (Lipinski definition) is 0. The van der Waals surface area contributed by atoms with Crippen LogP contribution < -0.4 is 0 Å². The first kappa shape index (κ1) is 5.59. The molecule has 0 spiro atoms. The summed E-state index contributed by atoms with van der Waals surface area (Å²) in [6.45, 7) is 3.47. The smallest absolute Gasteiger partial charge is 0.0658 e. The average Bonchev–Trinajstić information content (AvgIpc) is 2.17. The SMILES string of the molecule is CC1CC2CC1C1OCC21. The third kappa shape index (κ3) is 0.460. The summed E-state index contributed by atoms with van der Waals surface area (Å²) in [6.07, 6.45) is 3.68. The van der Waals surface area contributed by atoms with Gasteiger partial charge in [-0.1, -0.05) is 6.92 Å². The second-order valence-electron chi connectivity index (χ2n) is 4.33. The second-order valence-corrected chi connectivity index (χ2v) is 4.33. The minimum atomic E-state index is 0.703. The Morgan fingerprint density at radius 2 is 2.10 bits per heavy atom. The lowest BCUT2D eigenvalue weighted by Crippen LogP contribution is -2.46. The number of hydrogen-bond acceptors (Lipinski definition) is 1. The van der Waals surface area contributed by atoms with E-state index in [1.54, 1.807) is 0 Å². The van der Waals surface area contributed by atoms with Gasteiger partial charge in [-0.2, -0.15) is 0 Å². The van der Waals surface area contributed by atoms with Crippen LogP contribution in [0.2, 0.25) is 0 Å². The molecule has 3 aliphatic rings. The highest BCUT2D eigenvalue weighted by molar-refractivity contribution is 5.04. The summed E-state index contributed by atoms with van der Waals surface area (Å²) >= 11 is 0. The molecule has 1 nitrogen and oxygen atoms in total. The van der Waals surface area contributed by atoms with Gasteiger partial charge in [-0.25, -0.2) is 0 Å². The van der Waals surface area contributed by atoms with Crippen molar-refractivity contribution in [3.8, 4) is 0 Å². The molecule has 5 unspecified atom stereocenters. The molecule has 0 amide bonds. The third-order valence-electron chi connectivity index (χ3n) is 3.91. The molecule has 1 heteroatoms. The molecule has 0 aromatic rings. The van der Waals surface area contributed by atoms with Crippen molar-refractivity contribution in [2.45, 2.75) is 25.9 Å². The minimum absolute atomic E-state index is 0.703. The Morgan fingerprint density at radius 1 is 1.20 bits per heavy atom. The van der Waals surface area contributed by atoms with E-state index in [1.165, 1.54) is 12.8 Å². The van der Waals surface area contributed by atoms with Gasteiger partial charge in [0.2, 0.25) is 0 Å². The van der Waals surface area contributed by atoms with Gasteiger partial charge in [-0.05, 0) is 30.6 Å². The lowest BCUT2D eigenvalue weighted by molar-refractivity contribution is -0.149. The van der Waals surface area contributed by atoms with E-state index in [0.29, 0.717) is 6.10 Å². The Kier molecular flexibility index (Phi) is 0.883. The Labute approximate surface area is 61.8 Å². The molecule has 0 N–H and O–H groups in total. The molecule has 3 rings (SSSR count). The van der Waals surface area contributed by atoms with E-state index in [-0.39, 0.29) is 0 Å². The van der Waals surface area contributed by atoms with Crippen LogP contribution in [-0.4, -0.2) is 12.7 Å². The highest BCUT2D eigenvalue weighted by atomic mass is 16.5. The normalized spacial score (nSPS) is 63.9. The molecular weight excluding hydrogens is 124 g/mol. The van der Waals surface area contributed by atoms with Gasteiger partial charge in [0.15, 0.2) is 0 Å². The van der Waals surface area contributed by atoms with Crippen molar-refractivity contribution >= 4 is 0 Å². The summed E-state index contributed by atoms with van der Waals surface area (Å²) in [5.74, 6) is 3.95. The Bertz CT molecular complexity index is 164. The van der Waals surface area contributed by atoms with Crippen LogP contribution in [-0.2, 0) is 4.74 Å². The topological polar surface area (TPSA) is 9.23 Å². The predicted octanol–water partition coefficient (Wildman–Crippen LogP) is 1.68. The first-order valence-electron chi connectivity index (χ1n) is 4.48. The van der Waals surface area contributed by atoms with E-state index in [1.807, 2.05) is 0 Å². The number of fused-ring (bicyclic) bond motifs is 5. The van der Waals surface area contributed by atoms with E-state index >= 15 is 0 Å². The van der Waals surface area contributed by atoms with Crippen LogP contribution in [0.5, 0.6) is 0 Å². The van der Waals surface area contributed by atoms with E-state index in [0.717, 1.165) is 30.3 Å². The number of rotatable bonds is 0. The van der Waals surface area contributed by atoms with Crippen molar-refractivity contribution in [1.29, 1.82) is 0 Å². The predicted molar refractivity (Wildman–Crippen MR) is 38.6 cm³/mol. The highest BCUT2D eigenvalue weighted by Crippen LogP contribution is 2.56. The van der Waals surface area contributed by atoms with Gasteiger partial charge >= 0.3 is 0 Å². The van der Waals surface area contributed by atoms with Gasteiger partial charge in [0.25, 0.3) is 0 Å². The number of ether oxygens (including phenoxy) is 1. The standard InChI is InChI=1S/C9H14O/c1-5-2-6-3-7(5)9-8(6)4-10-9/h5-9H,2-4H2,1H3. The molecule has 2 aliphatic carbocycles. The van der Waals surface area contributed by atoms with Crippen molar-refractivity contribution in [3.05, 3.63) is 0 Å². The minimum Gasteiger partial charge on any atom is -0.377 e. The molecule has 2 saturated carbocycles. The van der Waals surface area contributed by atoms with Crippen molar-refractivity contribution in [1.82, 2.24) is 0 Å². The largest absolute Gasteiger partial charge is 0.377 e. The third-order valence-corrected chi connectivity index (χ3v) is 3.91. The fraction of sp³-hybridized carbons (Fsp3) is 1.00. The second kappa shape index (κ2) is 1.58. The van der Waals surface area contributed by atoms with Gasteiger partial charge < -0.3 is 4.74 Å². The lowest BCUT2D eigenvalue weighted by Gasteiger charge is -2.42. The van der Waals surface area contributed by atoms with Gasteiger partial charge in [-0.15, -0.1) is 0 Å². The van der Waals surface area contributed by atoms with Crippen LogP contribution in [0, 0.1) is 23.7 Å². The molecule has 2 bridgehead atoms. The molecule has 0 radical (unpaired) electrons. The maximum Gasteiger partial charge on any atom is 0.0658 e. The fourth-order valence-electron chi connectivity index (χ4n) is 3.30. The summed E-state index contributed by atoms with van der Waals surface area (Å²) in [4.78, 5) is 0. The van der Waals surface area contributed by atoms with Gasteiger partial charge in [0, 0.05) is 5.92 Å². The van der Waals surface area contributed by atoms with E-state index in [2.05, 4.69) is 6.92 Å². The molecule has 3 fully saturated rings. The molecule has 56 valence electrons. The zero-order chi connectivity index (χ0) is 6.72. The summed E-state index contributed by atoms with van der Waals surface area (Å²) in [7, 11) is 0. The van der Waals surface area contributed by atoms with E-state index < -0.39 is 0 Å². The van der Waals surface area contributed by atoms with Crippen LogP contribution in [0.15, 0.2) is 0 Å². The molecular formula is C9H14O. The monoisotopic (exact) mass is 138 g/mol. The van der Waals surface area contributed by atoms with Crippen molar-refractivity contribution in [3.63, 3.8) is 0 Å². The van der Waals surface area contributed by atoms with E-state index in [9.17, 15) is 0 Å². The summed E-state index contributed by atoms with van der Waals surface area (Å²) in [5.41, 5.74) is 0. The van der Waals surface area contributed by atoms with Gasteiger partial charge in [0.05, 0.1) is 12.7 Å². The van der Waals surface area contributed by atoms with Gasteiger partial charge in [-0.3, -0.25) is 0 Å². The Morgan fingerprint density at radius 3 is 2.60 bits per heavy atom. The van der Waals surface area contributed by atoms with Crippen molar-refractivity contribution < 1.29 is 4.74 Å². The maximum atomic E-state index is 5.56. The van der Waals surface area contributed by atoms with Crippen LogP contribution >= 0.6 is 0 Å². The molecule has 0 aromatic heterocycles. The van der Waals surface area contributed by atoms with Crippen LogP contribution in [0.4, 0.5) is 0 Å². The highest BCUT2D eigenvalue weighted by Gasteiger charge is 2.56. The van der Waals surface area contributed by atoms with Crippen LogP contribution in [0.25, 0.3) is 0 Å².